The summed E-state index contributed by atoms with van der Waals surface area (Å²) in [6.07, 6.45) is 1.65. The molecular formula is C9H14N4O. The molecule has 1 aromatic heterocycles. The third-order valence-corrected chi connectivity index (χ3v) is 1.90. The highest BCUT2D eigenvalue weighted by Crippen LogP contribution is 2.17. The number of hydrogen-bond donors (Lipinski definition) is 3. The molecular weight excluding hydrogens is 180 g/mol. The van der Waals surface area contributed by atoms with Gasteiger partial charge in [0.15, 0.2) is 0 Å². The van der Waals surface area contributed by atoms with Crippen LogP contribution in [0.2, 0.25) is 0 Å². The van der Waals surface area contributed by atoms with Gasteiger partial charge in [-0.15, -0.1) is 0 Å². The number of aromatic nitrogens is 1. The Kier molecular flexibility index (Phi) is 3.28. The lowest BCUT2D eigenvalue weighted by molar-refractivity contribution is -0.118. The molecule has 1 rings (SSSR count). The molecule has 5 heteroatoms. The summed E-state index contributed by atoms with van der Waals surface area (Å²) >= 11 is 0. The molecule has 1 heterocycles. The number of carbonyl (C=O) groups excluding carboxylic acids is 1. The topological polar surface area (TPSA) is 80.0 Å². The van der Waals surface area contributed by atoms with Crippen LogP contribution in [-0.2, 0) is 4.79 Å². The molecule has 14 heavy (non-hydrogen) atoms. The van der Waals surface area contributed by atoms with Gasteiger partial charge in [0.05, 0.1) is 12.2 Å². The highest BCUT2D eigenvalue weighted by Gasteiger charge is 2.03. The Morgan fingerprint density at radius 3 is 3.00 bits per heavy atom. The zero-order valence-electron chi connectivity index (χ0n) is 8.29. The van der Waals surface area contributed by atoms with Crippen LogP contribution in [0.25, 0.3) is 0 Å². The molecule has 1 aromatic rings. The van der Waals surface area contributed by atoms with Crippen LogP contribution in [0.15, 0.2) is 12.3 Å². The van der Waals surface area contributed by atoms with Gasteiger partial charge in [0.1, 0.15) is 5.82 Å². The predicted molar refractivity (Wildman–Crippen MR) is 55.9 cm³/mol. The Labute approximate surface area is 82.7 Å². The number of carbonyl (C=O) groups is 1. The molecule has 0 fully saturated rings. The number of nitrogens with one attached hydrogen (secondary N) is 2. The van der Waals surface area contributed by atoms with Crippen molar-refractivity contribution in [3.05, 3.63) is 17.8 Å². The first-order valence-corrected chi connectivity index (χ1v) is 4.30. The van der Waals surface area contributed by atoms with Crippen molar-refractivity contribution in [1.82, 2.24) is 10.3 Å². The molecule has 4 N–H and O–H groups in total. The molecule has 0 bridgehead atoms. The maximum Gasteiger partial charge on any atom is 0.239 e. The Morgan fingerprint density at radius 1 is 1.64 bits per heavy atom. The Balaban J connectivity index is 2.68. The molecule has 0 saturated heterocycles. The van der Waals surface area contributed by atoms with Crippen LogP contribution in [0.4, 0.5) is 11.5 Å². The first kappa shape index (κ1) is 10.3. The van der Waals surface area contributed by atoms with Crippen LogP contribution in [-0.4, -0.2) is 24.5 Å². The van der Waals surface area contributed by atoms with Gasteiger partial charge in [-0.2, -0.15) is 0 Å². The first-order chi connectivity index (χ1) is 6.65. The third-order valence-electron chi connectivity index (χ3n) is 1.90. The number of aryl methyl sites for hydroxylation is 1. The maximum atomic E-state index is 10.9. The second-order valence-electron chi connectivity index (χ2n) is 2.92. The van der Waals surface area contributed by atoms with Gasteiger partial charge in [-0.25, -0.2) is 4.98 Å². The average Bonchev–Trinajstić information content (AvgIpc) is 2.20. The minimum atomic E-state index is -0.104. The van der Waals surface area contributed by atoms with Crippen LogP contribution in [0.3, 0.4) is 0 Å². The summed E-state index contributed by atoms with van der Waals surface area (Å²) in [6, 6.07) is 1.82. The fourth-order valence-electron chi connectivity index (χ4n) is 0.963. The Hall–Kier alpha value is -1.78. The van der Waals surface area contributed by atoms with E-state index in [1.807, 2.05) is 13.0 Å². The number of nitrogen functional groups attached to an aromatic ring is 1. The summed E-state index contributed by atoms with van der Waals surface area (Å²) in [4.78, 5) is 15.0. The zero-order valence-corrected chi connectivity index (χ0v) is 8.29. The van der Waals surface area contributed by atoms with Gasteiger partial charge in [-0.3, -0.25) is 4.79 Å². The van der Waals surface area contributed by atoms with E-state index in [0.29, 0.717) is 11.5 Å². The summed E-state index contributed by atoms with van der Waals surface area (Å²) in [5.74, 6) is 0.446. The summed E-state index contributed by atoms with van der Waals surface area (Å²) < 4.78 is 0. The van der Waals surface area contributed by atoms with Crippen LogP contribution >= 0.6 is 0 Å². The number of rotatable bonds is 3. The van der Waals surface area contributed by atoms with Crippen LogP contribution in [0.5, 0.6) is 0 Å². The smallest absolute Gasteiger partial charge is 0.239 e. The van der Waals surface area contributed by atoms with Crippen molar-refractivity contribution in [3.8, 4) is 0 Å². The van der Waals surface area contributed by atoms with Gasteiger partial charge in [0.25, 0.3) is 0 Å². The molecule has 0 aromatic carbocycles. The second-order valence-corrected chi connectivity index (χ2v) is 2.92. The summed E-state index contributed by atoms with van der Waals surface area (Å²) in [5, 5.41) is 5.36. The number of nitrogens with zero attached hydrogens (tertiary/aromatic N) is 1. The van der Waals surface area contributed by atoms with Gasteiger partial charge in [-0.05, 0) is 18.6 Å². The highest BCUT2D eigenvalue weighted by atomic mass is 16.1. The van der Waals surface area contributed by atoms with Gasteiger partial charge >= 0.3 is 0 Å². The third kappa shape index (κ3) is 2.35. The normalized spacial score (nSPS) is 9.57. The average molecular weight is 194 g/mol. The van der Waals surface area contributed by atoms with Crippen molar-refractivity contribution in [1.29, 1.82) is 0 Å². The molecule has 0 unspecified atom stereocenters. The predicted octanol–water partition coefficient (Wildman–Crippen LogP) is 0.130. The quantitative estimate of drug-likeness (QED) is 0.639. The van der Waals surface area contributed by atoms with Crippen molar-refractivity contribution in [2.24, 2.45) is 0 Å². The monoisotopic (exact) mass is 194 g/mol. The molecule has 0 radical (unpaired) electrons. The lowest BCUT2D eigenvalue weighted by Crippen LogP contribution is -2.26. The van der Waals surface area contributed by atoms with Gasteiger partial charge in [-0.1, -0.05) is 0 Å². The van der Waals surface area contributed by atoms with Crippen molar-refractivity contribution in [3.63, 3.8) is 0 Å². The first-order valence-electron chi connectivity index (χ1n) is 4.30. The largest absolute Gasteiger partial charge is 0.396 e. The van der Waals surface area contributed by atoms with E-state index in [1.165, 1.54) is 0 Å². The number of amides is 1. The van der Waals surface area contributed by atoms with Crippen molar-refractivity contribution < 1.29 is 4.79 Å². The van der Waals surface area contributed by atoms with E-state index in [1.54, 1.807) is 13.2 Å². The molecule has 1 amide bonds. The van der Waals surface area contributed by atoms with Crippen LogP contribution in [0, 0.1) is 6.92 Å². The lowest BCUT2D eigenvalue weighted by atomic mass is 10.2. The second kappa shape index (κ2) is 4.45. The zero-order chi connectivity index (χ0) is 10.6. The molecule has 76 valence electrons. The Morgan fingerprint density at radius 2 is 2.36 bits per heavy atom. The molecule has 0 atom stereocenters. The molecule has 0 spiro atoms. The highest BCUT2D eigenvalue weighted by molar-refractivity contribution is 5.81. The number of likely N-dealkylation sites (N-methyl/N-ethyl adjacent to an activating group) is 1. The summed E-state index contributed by atoms with van der Waals surface area (Å²) in [7, 11) is 1.58. The Bertz CT molecular complexity index is 338. The number of anilines is 2. The fourth-order valence-corrected chi connectivity index (χ4v) is 0.963. The van der Waals surface area contributed by atoms with Crippen molar-refractivity contribution in [2.45, 2.75) is 6.92 Å². The fraction of sp³-hybridized carbons (Fsp3) is 0.333. The van der Waals surface area contributed by atoms with Crippen molar-refractivity contribution in [2.75, 3.05) is 24.6 Å². The SMILES string of the molecule is CNC(=O)CNc1nccc(C)c1N. The van der Waals surface area contributed by atoms with E-state index in [9.17, 15) is 4.79 Å². The van der Waals surface area contributed by atoms with Gasteiger partial charge < -0.3 is 16.4 Å². The standard InChI is InChI=1S/C9H14N4O/c1-6-3-4-12-9(8(6)10)13-5-7(14)11-2/h3-4H,5,10H2,1-2H3,(H,11,14)(H,12,13). The minimum Gasteiger partial charge on any atom is -0.396 e. The number of nitrogens with two attached hydrogens (primary N) is 1. The molecule has 5 nitrogen and oxygen atoms in total. The molecule has 0 aliphatic heterocycles. The van der Waals surface area contributed by atoms with E-state index < -0.39 is 0 Å². The number of pyridine rings is 1. The lowest BCUT2D eigenvalue weighted by Gasteiger charge is -2.08. The van der Waals surface area contributed by atoms with E-state index in [0.717, 1.165) is 5.56 Å². The minimum absolute atomic E-state index is 0.104. The molecule has 0 aliphatic carbocycles. The summed E-state index contributed by atoms with van der Waals surface area (Å²) in [6.45, 7) is 2.07. The van der Waals surface area contributed by atoms with Gasteiger partial charge in [0, 0.05) is 13.2 Å². The van der Waals surface area contributed by atoms with E-state index >= 15 is 0 Å². The van der Waals surface area contributed by atoms with Crippen LogP contribution in [0.1, 0.15) is 5.56 Å². The van der Waals surface area contributed by atoms with E-state index in [2.05, 4.69) is 15.6 Å². The van der Waals surface area contributed by atoms with Crippen molar-refractivity contribution >= 4 is 17.4 Å². The maximum absolute atomic E-state index is 10.9. The van der Waals surface area contributed by atoms with Crippen LogP contribution < -0.4 is 16.4 Å². The van der Waals surface area contributed by atoms with E-state index in [-0.39, 0.29) is 12.5 Å². The number of hydrogen-bond acceptors (Lipinski definition) is 4. The summed E-state index contributed by atoms with van der Waals surface area (Å²) in [5.41, 5.74) is 7.28. The van der Waals surface area contributed by atoms with Gasteiger partial charge in [0.2, 0.25) is 5.91 Å². The molecule has 0 saturated carbocycles. The molecule has 0 aliphatic rings. The van der Waals surface area contributed by atoms with E-state index in [4.69, 9.17) is 5.73 Å².